The fraction of sp³-hybridized carbons (Fsp3) is 0.261. The second kappa shape index (κ2) is 11.2. The molecule has 162 valence electrons. The molecule has 0 saturated heterocycles. The summed E-state index contributed by atoms with van der Waals surface area (Å²) in [5.41, 5.74) is 5.06. The van der Waals surface area contributed by atoms with Crippen molar-refractivity contribution in [3.8, 4) is 11.5 Å². The van der Waals surface area contributed by atoms with Crippen LogP contribution < -0.4 is 20.5 Å². The number of benzene rings is 2. The predicted molar refractivity (Wildman–Crippen MR) is 123 cm³/mol. The van der Waals surface area contributed by atoms with Crippen LogP contribution in [0.2, 0.25) is 5.02 Å². The van der Waals surface area contributed by atoms with Crippen LogP contribution >= 0.6 is 11.6 Å². The highest BCUT2D eigenvalue weighted by Gasteiger charge is 2.07. The first kappa shape index (κ1) is 22.4. The summed E-state index contributed by atoms with van der Waals surface area (Å²) < 4.78 is 11.6. The Bertz CT molecular complexity index is 1100. The van der Waals surface area contributed by atoms with E-state index >= 15 is 0 Å². The van der Waals surface area contributed by atoms with E-state index in [2.05, 4.69) is 20.5 Å². The van der Waals surface area contributed by atoms with Crippen molar-refractivity contribution in [2.75, 3.05) is 12.0 Å². The monoisotopic (exact) mass is 440 g/mol. The molecule has 0 saturated carbocycles. The molecule has 2 aromatic carbocycles. The summed E-state index contributed by atoms with van der Waals surface area (Å²) >= 11 is 6.03. The molecule has 0 radical (unpaired) electrons. The lowest BCUT2D eigenvalue weighted by atomic mass is 10.2. The molecular formula is C23H25ClN4O3. The molecule has 8 heteroatoms. The molecule has 31 heavy (non-hydrogen) atoms. The first-order valence-electron chi connectivity index (χ1n) is 10.1. The number of ether oxygens (including phenoxy) is 2. The summed E-state index contributed by atoms with van der Waals surface area (Å²) in [5, 5.41) is 4.84. The molecule has 3 aromatic rings. The van der Waals surface area contributed by atoms with Gasteiger partial charge in [-0.25, -0.2) is 10.4 Å². The lowest BCUT2D eigenvalue weighted by Gasteiger charge is -2.13. The number of hydrogen-bond acceptors (Lipinski definition) is 6. The average Bonchev–Trinajstić information content (AvgIpc) is 2.73. The molecule has 3 rings (SSSR count). The number of H-pyrrole nitrogens is 1. The van der Waals surface area contributed by atoms with Gasteiger partial charge in [-0.3, -0.25) is 9.78 Å². The second-order valence-electron chi connectivity index (χ2n) is 6.76. The van der Waals surface area contributed by atoms with Gasteiger partial charge in [-0.05, 0) is 54.8 Å². The van der Waals surface area contributed by atoms with Gasteiger partial charge in [0, 0.05) is 16.8 Å². The number of nitrogens with one attached hydrogen (secondary N) is 2. The van der Waals surface area contributed by atoms with Crippen molar-refractivity contribution in [1.82, 2.24) is 9.97 Å². The summed E-state index contributed by atoms with van der Waals surface area (Å²) in [5.74, 6) is 1.55. The minimum atomic E-state index is -0.212. The van der Waals surface area contributed by atoms with Gasteiger partial charge in [-0.1, -0.05) is 37.1 Å². The van der Waals surface area contributed by atoms with Crippen molar-refractivity contribution in [3.63, 3.8) is 0 Å². The van der Waals surface area contributed by atoms with E-state index in [9.17, 15) is 4.79 Å². The van der Waals surface area contributed by atoms with Gasteiger partial charge < -0.3 is 9.47 Å². The molecule has 1 aromatic heterocycles. The Morgan fingerprint density at radius 3 is 2.77 bits per heavy atom. The Kier molecular flexibility index (Phi) is 8.06. The van der Waals surface area contributed by atoms with E-state index in [1.807, 2.05) is 56.3 Å². The van der Waals surface area contributed by atoms with Crippen molar-refractivity contribution >= 4 is 23.8 Å². The van der Waals surface area contributed by atoms with Crippen molar-refractivity contribution in [2.45, 2.75) is 33.3 Å². The van der Waals surface area contributed by atoms with Gasteiger partial charge in [-0.2, -0.15) is 5.10 Å². The molecule has 7 nitrogen and oxygen atoms in total. The number of nitrogens with zero attached hydrogens (tertiary/aromatic N) is 2. The Labute approximate surface area is 186 Å². The van der Waals surface area contributed by atoms with Crippen LogP contribution in [0.3, 0.4) is 0 Å². The van der Waals surface area contributed by atoms with E-state index in [-0.39, 0.29) is 5.56 Å². The molecule has 0 bridgehead atoms. The Hall–Kier alpha value is -3.32. The molecule has 2 N–H and O–H groups in total. The fourth-order valence-electron chi connectivity index (χ4n) is 2.89. The molecule has 0 aliphatic heterocycles. The summed E-state index contributed by atoms with van der Waals surface area (Å²) in [6.45, 7) is 4.82. The van der Waals surface area contributed by atoms with Crippen LogP contribution in [0.4, 0.5) is 5.95 Å². The van der Waals surface area contributed by atoms with Gasteiger partial charge in [0.1, 0.15) is 6.61 Å². The Morgan fingerprint density at radius 1 is 1.13 bits per heavy atom. The van der Waals surface area contributed by atoms with E-state index < -0.39 is 0 Å². The van der Waals surface area contributed by atoms with E-state index in [1.54, 1.807) is 6.21 Å². The van der Waals surface area contributed by atoms with Crippen LogP contribution in [-0.2, 0) is 13.0 Å². The van der Waals surface area contributed by atoms with E-state index in [0.29, 0.717) is 35.7 Å². The second-order valence-corrected chi connectivity index (χ2v) is 7.20. The number of rotatable bonds is 10. The SMILES string of the molecule is CCCc1cc(=O)[nH]c(N/N=C/c2ccc(OCc3cccc(Cl)c3)c(OCC)c2)n1. The number of aromatic amines is 1. The summed E-state index contributed by atoms with van der Waals surface area (Å²) in [4.78, 5) is 18.7. The third-order valence-electron chi connectivity index (χ3n) is 4.24. The topological polar surface area (TPSA) is 88.6 Å². The van der Waals surface area contributed by atoms with Gasteiger partial charge in [0.05, 0.1) is 12.8 Å². The minimum Gasteiger partial charge on any atom is -0.490 e. The number of hydrazone groups is 1. The van der Waals surface area contributed by atoms with Gasteiger partial charge in [0.15, 0.2) is 11.5 Å². The lowest BCUT2D eigenvalue weighted by Crippen LogP contribution is -2.12. The van der Waals surface area contributed by atoms with E-state index in [1.165, 1.54) is 6.07 Å². The number of aromatic nitrogens is 2. The fourth-order valence-corrected chi connectivity index (χ4v) is 3.11. The maximum absolute atomic E-state index is 11.7. The van der Waals surface area contributed by atoms with Crippen LogP contribution in [0.25, 0.3) is 0 Å². The summed E-state index contributed by atoms with van der Waals surface area (Å²) in [6, 6.07) is 14.6. The molecule has 0 amide bonds. The van der Waals surface area contributed by atoms with Gasteiger partial charge in [0.25, 0.3) is 5.56 Å². The Morgan fingerprint density at radius 2 is 2.00 bits per heavy atom. The zero-order valence-electron chi connectivity index (χ0n) is 17.5. The maximum atomic E-state index is 11.7. The molecule has 0 fully saturated rings. The number of aryl methyl sites for hydroxylation is 1. The van der Waals surface area contributed by atoms with Gasteiger partial charge in [0.2, 0.25) is 5.95 Å². The van der Waals surface area contributed by atoms with Crippen molar-refractivity contribution < 1.29 is 9.47 Å². The van der Waals surface area contributed by atoms with Crippen molar-refractivity contribution in [2.24, 2.45) is 5.10 Å². The number of halogens is 1. The molecule has 0 aliphatic carbocycles. The van der Waals surface area contributed by atoms with E-state index in [4.69, 9.17) is 21.1 Å². The summed E-state index contributed by atoms with van der Waals surface area (Å²) in [7, 11) is 0. The average molecular weight is 441 g/mol. The quantitative estimate of drug-likeness (QED) is 0.349. The molecule has 0 atom stereocenters. The van der Waals surface area contributed by atoms with Crippen LogP contribution in [0.1, 0.15) is 37.1 Å². The van der Waals surface area contributed by atoms with Gasteiger partial charge in [-0.15, -0.1) is 0 Å². The zero-order chi connectivity index (χ0) is 22.1. The number of hydrogen-bond donors (Lipinski definition) is 2. The third-order valence-corrected chi connectivity index (χ3v) is 4.47. The normalized spacial score (nSPS) is 10.9. The van der Waals surface area contributed by atoms with Gasteiger partial charge >= 0.3 is 0 Å². The maximum Gasteiger partial charge on any atom is 0.252 e. The highest BCUT2D eigenvalue weighted by Crippen LogP contribution is 2.29. The Balaban J connectivity index is 1.69. The zero-order valence-corrected chi connectivity index (χ0v) is 18.3. The first-order chi connectivity index (χ1) is 15.1. The van der Waals surface area contributed by atoms with Crippen molar-refractivity contribution in [3.05, 3.63) is 80.7 Å². The van der Waals surface area contributed by atoms with Crippen molar-refractivity contribution in [1.29, 1.82) is 0 Å². The summed E-state index contributed by atoms with van der Waals surface area (Å²) in [6.07, 6.45) is 3.26. The van der Waals surface area contributed by atoms with Crippen LogP contribution in [0, 0.1) is 0 Å². The molecular weight excluding hydrogens is 416 g/mol. The molecule has 0 unspecified atom stereocenters. The number of anilines is 1. The van der Waals surface area contributed by atoms with Crippen LogP contribution in [0.5, 0.6) is 11.5 Å². The predicted octanol–water partition coefficient (Wildman–Crippen LogP) is 4.80. The smallest absolute Gasteiger partial charge is 0.252 e. The standard InChI is InChI=1S/C23H25ClN4O3/c1-3-6-19-13-22(29)27-23(26-19)28-25-14-16-9-10-20(21(12-16)30-4-2)31-15-17-7-5-8-18(24)11-17/h5,7-14H,3-4,6,15H2,1-2H3,(H2,26,27,28,29)/b25-14+. The van der Waals surface area contributed by atoms with Crippen LogP contribution in [0.15, 0.2) is 58.4 Å². The molecule has 1 heterocycles. The third kappa shape index (κ3) is 6.86. The molecule has 0 aliphatic rings. The largest absolute Gasteiger partial charge is 0.490 e. The lowest BCUT2D eigenvalue weighted by molar-refractivity contribution is 0.269. The van der Waals surface area contributed by atoms with E-state index in [0.717, 1.165) is 29.7 Å². The highest BCUT2D eigenvalue weighted by atomic mass is 35.5. The minimum absolute atomic E-state index is 0.212. The molecule has 0 spiro atoms. The highest BCUT2D eigenvalue weighted by molar-refractivity contribution is 6.30. The van der Waals surface area contributed by atoms with Crippen LogP contribution in [-0.4, -0.2) is 22.8 Å². The first-order valence-corrected chi connectivity index (χ1v) is 10.5.